The molecule has 2 aromatic carbocycles. The van der Waals surface area contributed by atoms with Crippen molar-refractivity contribution < 1.29 is 23.9 Å². The number of hydrogen-bond donors (Lipinski definition) is 0. The van der Waals surface area contributed by atoms with E-state index in [1.807, 2.05) is 0 Å². The quantitative estimate of drug-likeness (QED) is 0.359. The van der Waals surface area contributed by atoms with E-state index < -0.39 is 4.92 Å². The molecule has 0 radical (unpaired) electrons. The molecule has 0 bridgehead atoms. The molecule has 0 saturated carbocycles. The van der Waals surface area contributed by atoms with Crippen LogP contribution in [-0.2, 0) is 0 Å². The predicted molar refractivity (Wildman–Crippen MR) is 90.4 cm³/mol. The molecule has 25 heavy (non-hydrogen) atoms. The lowest BCUT2D eigenvalue weighted by molar-refractivity contribution is -0.384. The molecule has 0 saturated heterocycles. The van der Waals surface area contributed by atoms with Crippen LogP contribution in [0.1, 0.15) is 15.9 Å². The molecule has 7 nitrogen and oxygen atoms in total. The maximum atomic E-state index is 12.2. The topological polar surface area (TPSA) is 87.9 Å². The smallest absolute Gasteiger partial charge is 0.270 e. The number of nitro benzene ring substituents is 1. The summed E-state index contributed by atoms with van der Waals surface area (Å²) in [5.41, 5.74) is 0.815. The molecule has 0 amide bonds. The van der Waals surface area contributed by atoms with Crippen LogP contribution < -0.4 is 14.2 Å². The van der Waals surface area contributed by atoms with Crippen molar-refractivity contribution >= 4 is 17.5 Å². The number of nitro groups is 1. The van der Waals surface area contributed by atoms with Gasteiger partial charge in [0.2, 0.25) is 5.75 Å². The maximum Gasteiger partial charge on any atom is 0.270 e. The van der Waals surface area contributed by atoms with Gasteiger partial charge in [0.1, 0.15) is 13.2 Å². The first-order valence-electron chi connectivity index (χ1n) is 7.53. The van der Waals surface area contributed by atoms with E-state index >= 15 is 0 Å². The van der Waals surface area contributed by atoms with Gasteiger partial charge in [0.25, 0.3) is 5.69 Å². The van der Waals surface area contributed by atoms with Gasteiger partial charge in [-0.1, -0.05) is 18.2 Å². The van der Waals surface area contributed by atoms with E-state index in [4.69, 9.17) is 14.2 Å². The highest BCUT2D eigenvalue weighted by Gasteiger charge is 2.18. The van der Waals surface area contributed by atoms with E-state index in [1.54, 1.807) is 18.2 Å². The molecule has 1 heterocycles. The number of rotatable bonds is 5. The molecule has 0 aliphatic carbocycles. The van der Waals surface area contributed by atoms with Gasteiger partial charge < -0.3 is 14.2 Å². The molecule has 1 aliphatic heterocycles. The number of ketones is 1. The summed E-state index contributed by atoms with van der Waals surface area (Å²) in [4.78, 5) is 22.5. The Morgan fingerprint density at radius 2 is 2.04 bits per heavy atom. The second-order valence-electron chi connectivity index (χ2n) is 5.25. The van der Waals surface area contributed by atoms with Crippen LogP contribution in [0.4, 0.5) is 5.69 Å². The molecule has 0 unspecified atom stereocenters. The van der Waals surface area contributed by atoms with Gasteiger partial charge in [-0.25, -0.2) is 0 Å². The van der Waals surface area contributed by atoms with E-state index in [0.29, 0.717) is 36.0 Å². The Balaban J connectivity index is 1.85. The monoisotopic (exact) mass is 341 g/mol. The normalized spacial score (nSPS) is 12.8. The average molecular weight is 341 g/mol. The highest BCUT2D eigenvalue weighted by atomic mass is 16.6. The van der Waals surface area contributed by atoms with Crippen LogP contribution in [0.2, 0.25) is 0 Å². The number of methoxy groups -OCH3 is 1. The summed E-state index contributed by atoms with van der Waals surface area (Å²) in [6.07, 6.45) is 2.95. The number of fused-ring (bicyclic) bond motifs is 1. The fourth-order valence-corrected chi connectivity index (χ4v) is 2.43. The number of nitrogens with zero attached hydrogens (tertiary/aromatic N) is 1. The van der Waals surface area contributed by atoms with Crippen LogP contribution in [0, 0.1) is 10.1 Å². The summed E-state index contributed by atoms with van der Waals surface area (Å²) >= 11 is 0. The minimum absolute atomic E-state index is 0.125. The standard InChI is InChI=1S/C18H15NO6/c1-23-16-9-12(10-17-18(16)25-8-7-24-17)5-6-15(20)13-3-2-4-14(11-13)19(21)22/h2-6,9-11H,7-8H2,1H3/b6-5+. The molecule has 0 fully saturated rings. The zero-order valence-corrected chi connectivity index (χ0v) is 13.4. The number of carbonyl (C=O) groups excluding carboxylic acids is 1. The minimum atomic E-state index is -0.536. The van der Waals surface area contributed by atoms with Crippen LogP contribution in [0.25, 0.3) is 6.08 Å². The number of allylic oxidation sites excluding steroid dienone is 1. The molecule has 0 aromatic heterocycles. The number of hydrogen-bond acceptors (Lipinski definition) is 6. The van der Waals surface area contributed by atoms with Crippen molar-refractivity contribution in [2.45, 2.75) is 0 Å². The Morgan fingerprint density at radius 3 is 2.80 bits per heavy atom. The molecular formula is C18H15NO6. The second-order valence-corrected chi connectivity index (χ2v) is 5.25. The Kier molecular flexibility index (Phi) is 4.65. The second kappa shape index (κ2) is 7.04. The Morgan fingerprint density at radius 1 is 1.24 bits per heavy atom. The van der Waals surface area contributed by atoms with Gasteiger partial charge in [-0.15, -0.1) is 0 Å². The van der Waals surface area contributed by atoms with Crippen LogP contribution in [-0.4, -0.2) is 31.0 Å². The summed E-state index contributed by atoms with van der Waals surface area (Å²) < 4.78 is 16.4. The third-order valence-electron chi connectivity index (χ3n) is 3.62. The molecule has 0 N–H and O–H groups in total. The third kappa shape index (κ3) is 3.60. The van der Waals surface area contributed by atoms with Gasteiger partial charge in [0, 0.05) is 17.7 Å². The van der Waals surface area contributed by atoms with E-state index in [1.165, 1.54) is 37.5 Å². The first kappa shape index (κ1) is 16.5. The average Bonchev–Trinajstić information content (AvgIpc) is 2.65. The Bertz CT molecular complexity index is 841. The van der Waals surface area contributed by atoms with Crippen molar-refractivity contribution in [3.8, 4) is 17.2 Å². The first-order valence-corrected chi connectivity index (χ1v) is 7.53. The molecular weight excluding hydrogens is 326 g/mol. The van der Waals surface area contributed by atoms with E-state index in [0.717, 1.165) is 0 Å². The fraction of sp³-hybridized carbons (Fsp3) is 0.167. The predicted octanol–water partition coefficient (Wildman–Crippen LogP) is 3.27. The highest BCUT2D eigenvalue weighted by molar-refractivity contribution is 6.07. The number of benzene rings is 2. The summed E-state index contributed by atoms with van der Waals surface area (Å²) in [7, 11) is 1.52. The lowest BCUT2D eigenvalue weighted by Gasteiger charge is -2.20. The molecule has 7 heteroatoms. The zero-order chi connectivity index (χ0) is 17.8. The van der Waals surface area contributed by atoms with Crippen molar-refractivity contribution in [2.24, 2.45) is 0 Å². The fourth-order valence-electron chi connectivity index (χ4n) is 2.43. The highest BCUT2D eigenvalue weighted by Crippen LogP contribution is 2.40. The van der Waals surface area contributed by atoms with E-state index in [2.05, 4.69) is 0 Å². The largest absolute Gasteiger partial charge is 0.493 e. The minimum Gasteiger partial charge on any atom is -0.493 e. The van der Waals surface area contributed by atoms with Crippen molar-refractivity contribution in [2.75, 3.05) is 20.3 Å². The van der Waals surface area contributed by atoms with Gasteiger partial charge in [-0.2, -0.15) is 0 Å². The molecule has 128 valence electrons. The number of non-ortho nitro benzene ring substituents is 1. The number of carbonyl (C=O) groups is 1. The van der Waals surface area contributed by atoms with Crippen LogP contribution >= 0.6 is 0 Å². The SMILES string of the molecule is COc1cc(/C=C/C(=O)c2cccc([N+](=O)[O-])c2)cc2c1OCCO2. The van der Waals surface area contributed by atoms with Crippen LogP contribution in [0.3, 0.4) is 0 Å². The summed E-state index contributed by atoms with van der Waals surface area (Å²) in [6.45, 7) is 0.889. The van der Waals surface area contributed by atoms with Gasteiger partial charge in [0.05, 0.1) is 12.0 Å². The van der Waals surface area contributed by atoms with Crippen molar-refractivity contribution in [3.05, 3.63) is 63.7 Å². The summed E-state index contributed by atoms with van der Waals surface area (Å²) in [6, 6.07) is 9.07. The molecule has 0 spiro atoms. The van der Waals surface area contributed by atoms with Crippen molar-refractivity contribution in [1.82, 2.24) is 0 Å². The summed E-state index contributed by atoms with van der Waals surface area (Å²) in [5, 5.41) is 10.8. The molecule has 1 aliphatic rings. The first-order chi connectivity index (χ1) is 12.1. The lowest BCUT2D eigenvalue weighted by atomic mass is 10.1. The van der Waals surface area contributed by atoms with Crippen molar-refractivity contribution in [1.29, 1.82) is 0 Å². The van der Waals surface area contributed by atoms with E-state index in [9.17, 15) is 14.9 Å². The third-order valence-corrected chi connectivity index (χ3v) is 3.62. The van der Waals surface area contributed by atoms with Crippen molar-refractivity contribution in [3.63, 3.8) is 0 Å². The van der Waals surface area contributed by atoms with Gasteiger partial charge in [-0.3, -0.25) is 14.9 Å². The zero-order valence-electron chi connectivity index (χ0n) is 13.4. The Hall–Kier alpha value is -3.35. The Labute approximate surface area is 143 Å². The summed E-state index contributed by atoms with van der Waals surface area (Å²) in [5.74, 6) is 1.26. The van der Waals surface area contributed by atoms with Gasteiger partial charge in [0.15, 0.2) is 17.3 Å². The van der Waals surface area contributed by atoms with Gasteiger partial charge >= 0.3 is 0 Å². The van der Waals surface area contributed by atoms with Crippen LogP contribution in [0.5, 0.6) is 17.2 Å². The lowest BCUT2D eigenvalue weighted by Crippen LogP contribution is -2.16. The van der Waals surface area contributed by atoms with Crippen LogP contribution in [0.15, 0.2) is 42.5 Å². The van der Waals surface area contributed by atoms with Gasteiger partial charge in [-0.05, 0) is 23.8 Å². The maximum absolute atomic E-state index is 12.2. The molecule has 3 rings (SSSR count). The number of ether oxygens (including phenoxy) is 3. The van der Waals surface area contributed by atoms with E-state index in [-0.39, 0.29) is 17.0 Å². The molecule has 2 aromatic rings. The molecule has 0 atom stereocenters.